The number of hydrogen-bond acceptors (Lipinski definition) is 4. The van der Waals surface area contributed by atoms with Gasteiger partial charge >= 0.3 is 0 Å². The van der Waals surface area contributed by atoms with E-state index in [4.69, 9.17) is 0 Å². The number of thioether (sulfide) groups is 1. The van der Waals surface area contributed by atoms with Crippen LogP contribution in [0.15, 0.2) is 28.2 Å². The Morgan fingerprint density at radius 2 is 2.50 bits per heavy atom. The molecule has 0 fully saturated rings. The van der Waals surface area contributed by atoms with Gasteiger partial charge in [-0.15, -0.1) is 11.3 Å². The molecule has 5 heteroatoms. The fourth-order valence-corrected chi connectivity index (χ4v) is 2.09. The molecule has 1 N–H and O–H groups in total. The van der Waals surface area contributed by atoms with E-state index in [1.54, 1.807) is 17.4 Å². The van der Waals surface area contributed by atoms with Crippen molar-refractivity contribution < 1.29 is 4.79 Å². The van der Waals surface area contributed by atoms with E-state index >= 15 is 0 Å². The van der Waals surface area contributed by atoms with Crippen molar-refractivity contribution >= 4 is 40.2 Å². The summed E-state index contributed by atoms with van der Waals surface area (Å²) in [5.41, 5.74) is 0.483. The number of amidine groups is 1. The summed E-state index contributed by atoms with van der Waals surface area (Å²) in [6, 6.07) is 3.90. The zero-order chi connectivity index (χ0) is 9.97. The number of rotatable bonds is 1. The molecule has 0 unspecified atom stereocenters. The Morgan fingerprint density at radius 3 is 3.07 bits per heavy atom. The molecule has 0 atom stereocenters. The van der Waals surface area contributed by atoms with E-state index < -0.39 is 0 Å². The van der Waals surface area contributed by atoms with Crippen molar-refractivity contribution in [3.8, 4) is 0 Å². The number of hydrogen-bond donors (Lipinski definition) is 1. The molecule has 14 heavy (non-hydrogen) atoms. The van der Waals surface area contributed by atoms with Gasteiger partial charge in [-0.05, 0) is 23.8 Å². The van der Waals surface area contributed by atoms with Crippen LogP contribution in [0.3, 0.4) is 0 Å². The van der Waals surface area contributed by atoms with Gasteiger partial charge in [0.2, 0.25) is 0 Å². The van der Waals surface area contributed by atoms with Crippen molar-refractivity contribution in [1.82, 2.24) is 5.32 Å². The highest BCUT2D eigenvalue weighted by Gasteiger charge is 2.18. The smallest absolute Gasteiger partial charge is 0.275 e. The second-order valence-corrected chi connectivity index (χ2v) is 4.39. The monoisotopic (exact) mass is 224 g/mol. The number of thiophene rings is 1. The Labute approximate surface area is 89.9 Å². The number of aliphatic imine (C=N–C) groups is 1. The van der Waals surface area contributed by atoms with E-state index in [0.29, 0.717) is 10.9 Å². The standard InChI is InChI=1S/C9H8N2OS2/c1-13-9-10-7(8(12)11-9)5-6-3-2-4-14-6/h2-5H,1H3,(H,10,11,12)/b7-5-. The minimum absolute atomic E-state index is 0.122. The molecule has 0 aromatic carbocycles. The summed E-state index contributed by atoms with van der Waals surface area (Å²) in [6.45, 7) is 0. The Morgan fingerprint density at radius 1 is 1.64 bits per heavy atom. The average Bonchev–Trinajstić information content (AvgIpc) is 2.78. The Balaban J connectivity index is 2.27. The highest BCUT2D eigenvalue weighted by molar-refractivity contribution is 8.13. The normalized spacial score (nSPS) is 18.5. The molecule has 1 aromatic rings. The molecule has 0 spiro atoms. The zero-order valence-corrected chi connectivity index (χ0v) is 9.11. The zero-order valence-electron chi connectivity index (χ0n) is 7.48. The third kappa shape index (κ3) is 1.88. The van der Waals surface area contributed by atoms with Crippen molar-refractivity contribution in [3.05, 3.63) is 28.1 Å². The molecule has 3 nitrogen and oxygen atoms in total. The minimum Gasteiger partial charge on any atom is -0.300 e. The first-order valence-corrected chi connectivity index (χ1v) is 6.09. The van der Waals surface area contributed by atoms with Crippen molar-refractivity contribution in [2.45, 2.75) is 0 Å². The van der Waals surface area contributed by atoms with Gasteiger partial charge in [0.05, 0.1) is 0 Å². The predicted octanol–water partition coefficient (Wildman–Crippen LogP) is 1.94. The van der Waals surface area contributed by atoms with Gasteiger partial charge in [-0.25, -0.2) is 4.99 Å². The maximum absolute atomic E-state index is 11.4. The van der Waals surface area contributed by atoms with Gasteiger partial charge in [-0.1, -0.05) is 17.8 Å². The van der Waals surface area contributed by atoms with Crippen LogP contribution < -0.4 is 5.32 Å². The molecular weight excluding hydrogens is 216 g/mol. The van der Waals surface area contributed by atoms with Crippen LogP contribution in [-0.2, 0) is 4.79 Å². The summed E-state index contributed by atoms with van der Waals surface area (Å²) >= 11 is 3.02. The van der Waals surface area contributed by atoms with E-state index in [-0.39, 0.29) is 5.91 Å². The summed E-state index contributed by atoms with van der Waals surface area (Å²) < 4.78 is 0. The molecular formula is C9H8N2OS2. The molecule has 1 aliphatic rings. The van der Waals surface area contributed by atoms with Crippen LogP contribution in [0.5, 0.6) is 0 Å². The molecule has 1 amide bonds. The highest BCUT2D eigenvalue weighted by atomic mass is 32.2. The van der Waals surface area contributed by atoms with Gasteiger partial charge < -0.3 is 0 Å². The SMILES string of the molecule is CSC1=N/C(=C\c2cccs2)C(=O)N1. The van der Waals surface area contributed by atoms with E-state index in [0.717, 1.165) is 4.88 Å². The third-order valence-corrected chi connectivity index (χ3v) is 3.09. The maximum atomic E-state index is 11.4. The molecule has 0 radical (unpaired) electrons. The van der Waals surface area contributed by atoms with Gasteiger partial charge in [0, 0.05) is 4.88 Å². The number of amides is 1. The van der Waals surface area contributed by atoms with Gasteiger partial charge in [0.1, 0.15) is 5.70 Å². The lowest BCUT2D eigenvalue weighted by molar-refractivity contribution is -0.115. The summed E-state index contributed by atoms with van der Waals surface area (Å²) in [6.07, 6.45) is 3.68. The minimum atomic E-state index is -0.122. The number of carbonyl (C=O) groups is 1. The first-order valence-electron chi connectivity index (χ1n) is 3.99. The van der Waals surface area contributed by atoms with E-state index in [1.807, 2.05) is 23.8 Å². The van der Waals surface area contributed by atoms with Crippen LogP contribution in [0.25, 0.3) is 6.08 Å². The van der Waals surface area contributed by atoms with Crippen LogP contribution in [0.1, 0.15) is 4.88 Å². The van der Waals surface area contributed by atoms with E-state index in [9.17, 15) is 4.79 Å². The molecule has 0 aliphatic carbocycles. The molecule has 2 rings (SSSR count). The van der Waals surface area contributed by atoms with Crippen molar-refractivity contribution in [2.24, 2.45) is 4.99 Å². The van der Waals surface area contributed by atoms with Crippen LogP contribution >= 0.6 is 23.1 Å². The number of carbonyl (C=O) groups excluding carboxylic acids is 1. The van der Waals surface area contributed by atoms with Crippen LogP contribution in [0.2, 0.25) is 0 Å². The van der Waals surface area contributed by atoms with Gasteiger partial charge in [0.25, 0.3) is 5.91 Å². The molecule has 1 aliphatic heterocycles. The highest BCUT2D eigenvalue weighted by Crippen LogP contribution is 2.17. The van der Waals surface area contributed by atoms with Crippen LogP contribution in [-0.4, -0.2) is 17.3 Å². The van der Waals surface area contributed by atoms with Crippen LogP contribution in [0.4, 0.5) is 0 Å². The second kappa shape index (κ2) is 3.98. The Kier molecular flexibility index (Phi) is 2.69. The topological polar surface area (TPSA) is 41.5 Å². The van der Waals surface area contributed by atoms with Crippen molar-refractivity contribution in [1.29, 1.82) is 0 Å². The largest absolute Gasteiger partial charge is 0.300 e. The van der Waals surface area contributed by atoms with Gasteiger partial charge in [0.15, 0.2) is 5.17 Å². The lowest BCUT2D eigenvalue weighted by Crippen LogP contribution is -2.21. The molecule has 2 heterocycles. The summed E-state index contributed by atoms with van der Waals surface area (Å²) in [5, 5.41) is 5.31. The predicted molar refractivity (Wildman–Crippen MR) is 61.4 cm³/mol. The fraction of sp³-hybridized carbons (Fsp3) is 0.111. The number of nitrogens with zero attached hydrogens (tertiary/aromatic N) is 1. The second-order valence-electron chi connectivity index (χ2n) is 2.62. The third-order valence-electron chi connectivity index (χ3n) is 1.69. The van der Waals surface area contributed by atoms with Gasteiger partial charge in [-0.3, -0.25) is 10.1 Å². The molecule has 0 saturated carbocycles. The first kappa shape index (κ1) is 9.48. The lowest BCUT2D eigenvalue weighted by Gasteiger charge is -1.90. The Hall–Kier alpha value is -1.07. The first-order chi connectivity index (χ1) is 6.79. The molecule has 0 saturated heterocycles. The van der Waals surface area contributed by atoms with E-state index in [2.05, 4.69) is 10.3 Å². The lowest BCUT2D eigenvalue weighted by atomic mass is 10.3. The average molecular weight is 224 g/mol. The van der Waals surface area contributed by atoms with E-state index in [1.165, 1.54) is 11.8 Å². The van der Waals surface area contributed by atoms with Crippen molar-refractivity contribution in [3.63, 3.8) is 0 Å². The maximum Gasteiger partial charge on any atom is 0.275 e. The molecule has 72 valence electrons. The summed E-state index contributed by atoms with van der Waals surface area (Å²) in [7, 11) is 0. The summed E-state index contributed by atoms with van der Waals surface area (Å²) in [4.78, 5) is 16.6. The number of nitrogens with one attached hydrogen (secondary N) is 1. The molecule has 1 aromatic heterocycles. The molecule has 0 bridgehead atoms. The van der Waals surface area contributed by atoms with Crippen molar-refractivity contribution in [2.75, 3.05) is 6.26 Å². The fourth-order valence-electron chi connectivity index (χ4n) is 1.05. The quantitative estimate of drug-likeness (QED) is 0.741. The summed E-state index contributed by atoms with van der Waals surface area (Å²) in [5.74, 6) is -0.122. The Bertz CT molecular complexity index is 406. The van der Waals surface area contributed by atoms with Gasteiger partial charge in [-0.2, -0.15) is 0 Å². The van der Waals surface area contributed by atoms with Crippen LogP contribution in [0, 0.1) is 0 Å².